The predicted molar refractivity (Wildman–Crippen MR) is 128 cm³/mol. The third-order valence-electron chi connectivity index (χ3n) is 4.69. The van der Waals surface area contributed by atoms with Crippen molar-refractivity contribution in [2.45, 2.75) is 13.8 Å². The van der Waals surface area contributed by atoms with E-state index in [0.29, 0.717) is 26.9 Å². The van der Waals surface area contributed by atoms with Crippen LogP contribution in [0.1, 0.15) is 27.0 Å². The maximum absolute atomic E-state index is 12.3. The molecule has 0 bridgehead atoms. The topological polar surface area (TPSA) is 79.8 Å². The highest BCUT2D eigenvalue weighted by molar-refractivity contribution is 6.31. The number of carbonyl (C=O) groups is 2. The van der Waals surface area contributed by atoms with Crippen molar-refractivity contribution >= 4 is 46.9 Å². The number of amides is 2. The van der Waals surface area contributed by atoms with Crippen LogP contribution in [0.3, 0.4) is 0 Å². The number of hydrazone groups is 1. The Morgan fingerprint density at radius 2 is 1.72 bits per heavy atom. The van der Waals surface area contributed by atoms with Crippen LogP contribution in [-0.4, -0.2) is 24.6 Å². The lowest BCUT2D eigenvalue weighted by molar-refractivity contribution is -0.118. The minimum absolute atomic E-state index is 0.201. The van der Waals surface area contributed by atoms with Gasteiger partial charge in [-0.1, -0.05) is 35.3 Å². The molecule has 32 heavy (non-hydrogen) atoms. The van der Waals surface area contributed by atoms with E-state index in [0.717, 1.165) is 16.8 Å². The summed E-state index contributed by atoms with van der Waals surface area (Å²) in [5, 5.41) is 7.80. The average molecular weight is 470 g/mol. The molecule has 3 rings (SSSR count). The van der Waals surface area contributed by atoms with E-state index >= 15 is 0 Å². The highest BCUT2D eigenvalue weighted by Gasteiger charge is 2.10. The highest BCUT2D eigenvalue weighted by atomic mass is 35.5. The van der Waals surface area contributed by atoms with E-state index in [1.165, 1.54) is 6.21 Å². The summed E-state index contributed by atoms with van der Waals surface area (Å²) in [5.74, 6) is -0.294. The zero-order valence-electron chi connectivity index (χ0n) is 17.5. The Morgan fingerprint density at radius 3 is 2.47 bits per heavy atom. The van der Waals surface area contributed by atoms with E-state index in [4.69, 9.17) is 27.9 Å². The first-order valence-electron chi connectivity index (χ1n) is 9.71. The van der Waals surface area contributed by atoms with E-state index in [9.17, 15) is 9.59 Å². The standard InChI is InChI=1S/C24H21Cl2N3O3/c1-15-4-3-5-21(16(15)2)28-23(30)14-32-22-11-10-20(26)12-18(22)13-27-29-24(31)17-6-8-19(25)9-7-17/h3-13H,14H2,1-2H3,(H,28,30)(H,29,31)/b27-13+. The number of ether oxygens (including phenoxy) is 1. The first-order chi connectivity index (χ1) is 15.3. The molecule has 0 aliphatic rings. The van der Waals surface area contributed by atoms with Crippen LogP contribution >= 0.6 is 23.2 Å². The van der Waals surface area contributed by atoms with Gasteiger partial charge in [-0.2, -0.15) is 5.10 Å². The molecule has 164 valence electrons. The molecule has 0 heterocycles. The average Bonchev–Trinajstić information content (AvgIpc) is 2.77. The van der Waals surface area contributed by atoms with Gasteiger partial charge in [0.05, 0.1) is 6.21 Å². The Hall–Kier alpha value is -3.35. The van der Waals surface area contributed by atoms with E-state index in [2.05, 4.69) is 15.8 Å². The molecule has 3 aromatic carbocycles. The van der Waals surface area contributed by atoms with Crippen LogP contribution in [0.15, 0.2) is 65.8 Å². The minimum Gasteiger partial charge on any atom is -0.483 e. The lowest BCUT2D eigenvalue weighted by atomic mass is 10.1. The second-order valence-corrected chi connectivity index (χ2v) is 7.85. The van der Waals surface area contributed by atoms with Gasteiger partial charge in [0.1, 0.15) is 5.75 Å². The van der Waals surface area contributed by atoms with Gasteiger partial charge < -0.3 is 10.1 Å². The van der Waals surface area contributed by atoms with Gasteiger partial charge in [-0.3, -0.25) is 9.59 Å². The molecule has 0 aliphatic carbocycles. The molecule has 0 spiro atoms. The summed E-state index contributed by atoms with van der Waals surface area (Å²) in [7, 11) is 0. The molecule has 0 unspecified atom stereocenters. The fourth-order valence-corrected chi connectivity index (χ4v) is 3.10. The number of anilines is 1. The number of hydrogen-bond donors (Lipinski definition) is 2. The number of aryl methyl sites for hydroxylation is 1. The minimum atomic E-state index is -0.393. The molecule has 0 aromatic heterocycles. The number of hydrogen-bond acceptors (Lipinski definition) is 4. The fourth-order valence-electron chi connectivity index (χ4n) is 2.79. The predicted octanol–water partition coefficient (Wildman–Crippen LogP) is 5.39. The fraction of sp³-hybridized carbons (Fsp3) is 0.125. The number of benzene rings is 3. The van der Waals surface area contributed by atoms with Crippen molar-refractivity contribution in [2.75, 3.05) is 11.9 Å². The molecule has 0 radical (unpaired) electrons. The van der Waals surface area contributed by atoms with Gasteiger partial charge in [-0.15, -0.1) is 0 Å². The second kappa shape index (κ2) is 10.8. The Kier molecular flexibility index (Phi) is 7.87. The Bertz CT molecular complexity index is 1160. The quantitative estimate of drug-likeness (QED) is 0.359. The van der Waals surface area contributed by atoms with Crippen molar-refractivity contribution in [3.05, 3.63) is 93.0 Å². The molecule has 0 fully saturated rings. The van der Waals surface area contributed by atoms with Crippen LogP contribution in [0.4, 0.5) is 5.69 Å². The third-order valence-corrected chi connectivity index (χ3v) is 5.17. The molecule has 3 aromatic rings. The Labute approximate surface area is 196 Å². The molecule has 8 heteroatoms. The van der Waals surface area contributed by atoms with Gasteiger partial charge in [-0.25, -0.2) is 5.43 Å². The molecule has 2 amide bonds. The van der Waals surface area contributed by atoms with E-state index < -0.39 is 5.91 Å². The number of carbonyl (C=O) groups excluding carboxylic acids is 2. The molecule has 0 saturated carbocycles. The molecule has 6 nitrogen and oxygen atoms in total. The summed E-state index contributed by atoms with van der Waals surface area (Å²) in [6, 6.07) is 17.0. The highest BCUT2D eigenvalue weighted by Crippen LogP contribution is 2.22. The Morgan fingerprint density at radius 1 is 1.00 bits per heavy atom. The maximum Gasteiger partial charge on any atom is 0.271 e. The zero-order valence-corrected chi connectivity index (χ0v) is 19.0. The summed E-state index contributed by atoms with van der Waals surface area (Å²) in [6.07, 6.45) is 1.40. The summed E-state index contributed by atoms with van der Waals surface area (Å²) in [4.78, 5) is 24.5. The lowest BCUT2D eigenvalue weighted by Crippen LogP contribution is -2.21. The number of rotatable bonds is 7. The van der Waals surface area contributed by atoms with E-state index in [1.807, 2.05) is 32.0 Å². The first-order valence-corrected chi connectivity index (χ1v) is 10.5. The summed E-state index contributed by atoms with van der Waals surface area (Å²) in [6.45, 7) is 3.72. The second-order valence-electron chi connectivity index (χ2n) is 6.97. The molecule has 0 atom stereocenters. The van der Waals surface area contributed by atoms with Crippen LogP contribution in [0.5, 0.6) is 5.75 Å². The normalized spacial score (nSPS) is 10.8. The van der Waals surface area contributed by atoms with Gasteiger partial charge in [-0.05, 0) is 73.5 Å². The SMILES string of the molecule is Cc1cccc(NC(=O)COc2ccc(Cl)cc2/C=N/NC(=O)c2ccc(Cl)cc2)c1C. The van der Waals surface area contributed by atoms with Crippen molar-refractivity contribution < 1.29 is 14.3 Å². The van der Waals surface area contributed by atoms with Gasteiger partial charge in [0.2, 0.25) is 0 Å². The van der Waals surface area contributed by atoms with Crippen LogP contribution in [0.25, 0.3) is 0 Å². The van der Waals surface area contributed by atoms with Crippen LogP contribution in [0, 0.1) is 13.8 Å². The Balaban J connectivity index is 1.63. The molecule has 0 saturated heterocycles. The molecule has 0 aliphatic heterocycles. The molecular weight excluding hydrogens is 449 g/mol. The summed E-state index contributed by atoms with van der Waals surface area (Å²) < 4.78 is 5.66. The third kappa shape index (κ3) is 6.33. The molecule has 2 N–H and O–H groups in total. The molecular formula is C24H21Cl2N3O3. The summed E-state index contributed by atoms with van der Waals surface area (Å²) >= 11 is 11.9. The summed E-state index contributed by atoms with van der Waals surface area (Å²) in [5.41, 5.74) is 6.17. The first kappa shape index (κ1) is 23.3. The largest absolute Gasteiger partial charge is 0.483 e. The van der Waals surface area contributed by atoms with E-state index in [-0.39, 0.29) is 12.5 Å². The van der Waals surface area contributed by atoms with Crippen LogP contribution in [-0.2, 0) is 4.79 Å². The number of halogens is 2. The van der Waals surface area contributed by atoms with E-state index in [1.54, 1.807) is 42.5 Å². The maximum atomic E-state index is 12.3. The number of nitrogens with one attached hydrogen (secondary N) is 2. The van der Waals surface area contributed by atoms with Crippen molar-refractivity contribution in [3.63, 3.8) is 0 Å². The van der Waals surface area contributed by atoms with Gasteiger partial charge in [0.25, 0.3) is 11.8 Å². The number of nitrogens with zero attached hydrogens (tertiary/aromatic N) is 1. The van der Waals surface area contributed by atoms with Gasteiger partial charge >= 0.3 is 0 Å². The van der Waals surface area contributed by atoms with Crippen molar-refractivity contribution in [1.82, 2.24) is 5.43 Å². The van der Waals surface area contributed by atoms with Crippen molar-refractivity contribution in [2.24, 2.45) is 5.10 Å². The van der Waals surface area contributed by atoms with Gasteiger partial charge in [0.15, 0.2) is 6.61 Å². The lowest BCUT2D eigenvalue weighted by Gasteiger charge is -2.12. The van der Waals surface area contributed by atoms with Gasteiger partial charge in [0, 0.05) is 26.9 Å². The van der Waals surface area contributed by atoms with Crippen molar-refractivity contribution in [3.8, 4) is 5.75 Å². The van der Waals surface area contributed by atoms with Crippen molar-refractivity contribution in [1.29, 1.82) is 0 Å². The zero-order chi connectivity index (χ0) is 23.1. The van der Waals surface area contributed by atoms with Crippen LogP contribution < -0.4 is 15.5 Å². The smallest absolute Gasteiger partial charge is 0.271 e. The van der Waals surface area contributed by atoms with Crippen LogP contribution in [0.2, 0.25) is 10.0 Å². The monoisotopic (exact) mass is 469 g/mol.